The lowest BCUT2D eigenvalue weighted by molar-refractivity contribution is -0.115. The number of anilines is 2. The molecule has 7 heteroatoms. The molecule has 2 aromatic rings. The maximum Gasteiger partial charge on any atom is 0.254 e. The van der Waals surface area contributed by atoms with Crippen LogP contribution in [0.25, 0.3) is 0 Å². The Morgan fingerprint density at radius 1 is 1.00 bits per heavy atom. The third-order valence-electron chi connectivity index (χ3n) is 3.89. The molecule has 0 aliphatic rings. The van der Waals surface area contributed by atoms with Gasteiger partial charge in [-0.25, -0.2) is 0 Å². The van der Waals surface area contributed by atoms with E-state index in [1.54, 1.807) is 41.5 Å². The van der Waals surface area contributed by atoms with Crippen molar-refractivity contribution < 1.29 is 14.4 Å². The van der Waals surface area contributed by atoms with E-state index in [0.29, 0.717) is 16.9 Å². The van der Waals surface area contributed by atoms with Gasteiger partial charge in [0.25, 0.3) is 5.91 Å². The van der Waals surface area contributed by atoms with Gasteiger partial charge < -0.3 is 15.5 Å². The number of amides is 3. The van der Waals surface area contributed by atoms with Gasteiger partial charge in [0, 0.05) is 47.6 Å². The molecular formula is C19H23N3O3S. The van der Waals surface area contributed by atoms with Gasteiger partial charge in [-0.05, 0) is 44.2 Å². The Morgan fingerprint density at radius 2 is 1.54 bits per heavy atom. The van der Waals surface area contributed by atoms with Gasteiger partial charge in [0.2, 0.25) is 11.8 Å². The van der Waals surface area contributed by atoms with Crippen molar-refractivity contribution >= 4 is 40.4 Å². The van der Waals surface area contributed by atoms with Crippen LogP contribution in [0.4, 0.5) is 11.4 Å². The molecule has 0 saturated carbocycles. The third-order valence-corrected chi connectivity index (χ3v) is 5.07. The number of benzene rings is 1. The van der Waals surface area contributed by atoms with Crippen molar-refractivity contribution in [3.8, 4) is 0 Å². The zero-order valence-corrected chi connectivity index (χ0v) is 16.4. The maximum atomic E-state index is 12.9. The van der Waals surface area contributed by atoms with Crippen LogP contribution in [0.3, 0.4) is 0 Å². The van der Waals surface area contributed by atoms with Gasteiger partial charge in [0.05, 0.1) is 6.04 Å². The molecule has 2 rings (SSSR count). The first-order chi connectivity index (χ1) is 12.2. The minimum atomic E-state index is -0.251. The van der Waals surface area contributed by atoms with E-state index in [0.717, 1.165) is 4.88 Å². The Bertz CT molecular complexity index is 810. The van der Waals surface area contributed by atoms with Crippen molar-refractivity contribution in [1.29, 1.82) is 0 Å². The number of thiophene rings is 1. The average molecular weight is 373 g/mol. The fourth-order valence-electron chi connectivity index (χ4n) is 2.55. The normalized spacial score (nSPS) is 11.6. The minimum Gasteiger partial charge on any atom is -0.334 e. The summed E-state index contributed by atoms with van der Waals surface area (Å²) in [5, 5.41) is 5.32. The molecule has 0 aliphatic carbocycles. The first-order valence-electron chi connectivity index (χ1n) is 8.21. The van der Waals surface area contributed by atoms with Crippen LogP contribution in [0.5, 0.6) is 0 Å². The lowest BCUT2D eigenvalue weighted by Gasteiger charge is -2.24. The van der Waals surface area contributed by atoms with Gasteiger partial charge in [0.1, 0.15) is 0 Å². The number of hydrogen-bond acceptors (Lipinski definition) is 4. The predicted molar refractivity (Wildman–Crippen MR) is 105 cm³/mol. The van der Waals surface area contributed by atoms with Crippen LogP contribution in [0.15, 0.2) is 30.3 Å². The van der Waals surface area contributed by atoms with Crippen molar-refractivity contribution in [3.63, 3.8) is 0 Å². The SMILES string of the molecule is CC(=O)Nc1cc(NC(C)=O)cc(C(=O)N(C)[C@@H](C)c2ccc(C)s2)c1. The highest BCUT2D eigenvalue weighted by Gasteiger charge is 2.21. The quantitative estimate of drug-likeness (QED) is 0.836. The molecule has 1 aromatic carbocycles. The van der Waals surface area contributed by atoms with Crippen molar-refractivity contribution in [2.45, 2.75) is 33.7 Å². The number of nitrogens with one attached hydrogen (secondary N) is 2. The summed E-state index contributed by atoms with van der Waals surface area (Å²) in [6.07, 6.45) is 0. The molecule has 0 aliphatic heterocycles. The van der Waals surface area contributed by atoms with E-state index in [9.17, 15) is 14.4 Å². The third kappa shape index (κ3) is 4.92. The number of carbonyl (C=O) groups excluding carboxylic acids is 3. The van der Waals surface area contributed by atoms with E-state index < -0.39 is 0 Å². The van der Waals surface area contributed by atoms with Crippen LogP contribution in [-0.4, -0.2) is 29.7 Å². The monoisotopic (exact) mass is 373 g/mol. The largest absolute Gasteiger partial charge is 0.334 e. The van der Waals surface area contributed by atoms with Crippen molar-refractivity contribution in [2.24, 2.45) is 0 Å². The van der Waals surface area contributed by atoms with E-state index in [-0.39, 0.29) is 23.8 Å². The molecule has 0 bridgehead atoms. The van der Waals surface area contributed by atoms with Crippen LogP contribution in [0.1, 0.15) is 46.9 Å². The molecule has 2 N–H and O–H groups in total. The van der Waals surface area contributed by atoms with Gasteiger partial charge in [-0.1, -0.05) is 0 Å². The average Bonchev–Trinajstić information content (AvgIpc) is 2.97. The summed E-state index contributed by atoms with van der Waals surface area (Å²) in [5.41, 5.74) is 1.31. The summed E-state index contributed by atoms with van der Waals surface area (Å²) in [4.78, 5) is 39.6. The second-order valence-electron chi connectivity index (χ2n) is 6.20. The number of nitrogens with zero attached hydrogens (tertiary/aromatic N) is 1. The zero-order chi connectivity index (χ0) is 19.4. The molecule has 26 heavy (non-hydrogen) atoms. The summed E-state index contributed by atoms with van der Waals surface area (Å²) in [5.74, 6) is -0.694. The van der Waals surface area contributed by atoms with Gasteiger partial charge in [-0.2, -0.15) is 0 Å². The highest BCUT2D eigenvalue weighted by molar-refractivity contribution is 7.12. The van der Waals surface area contributed by atoms with Crippen molar-refractivity contribution in [2.75, 3.05) is 17.7 Å². The highest BCUT2D eigenvalue weighted by atomic mass is 32.1. The molecule has 0 radical (unpaired) electrons. The van der Waals surface area contributed by atoms with E-state index in [4.69, 9.17) is 0 Å². The molecule has 0 saturated heterocycles. The summed E-state index contributed by atoms with van der Waals surface area (Å²) >= 11 is 1.65. The fraction of sp³-hybridized carbons (Fsp3) is 0.316. The molecular weight excluding hydrogens is 350 g/mol. The van der Waals surface area contributed by atoms with E-state index >= 15 is 0 Å². The summed E-state index contributed by atoms with van der Waals surface area (Å²) < 4.78 is 0. The molecule has 3 amide bonds. The second kappa shape index (κ2) is 8.14. The minimum absolute atomic E-state index is 0.0881. The van der Waals surface area contributed by atoms with E-state index in [1.165, 1.54) is 18.7 Å². The van der Waals surface area contributed by atoms with Gasteiger partial charge in [-0.3, -0.25) is 14.4 Å². The zero-order valence-electron chi connectivity index (χ0n) is 15.5. The Labute approximate surface area is 157 Å². The van der Waals surface area contributed by atoms with E-state index in [2.05, 4.69) is 10.6 Å². The lowest BCUT2D eigenvalue weighted by atomic mass is 10.1. The van der Waals surface area contributed by atoms with Crippen LogP contribution >= 0.6 is 11.3 Å². The van der Waals surface area contributed by atoms with Crippen molar-refractivity contribution in [3.05, 3.63) is 45.6 Å². The molecule has 6 nitrogen and oxygen atoms in total. The lowest BCUT2D eigenvalue weighted by Crippen LogP contribution is -2.29. The number of carbonyl (C=O) groups is 3. The maximum absolute atomic E-state index is 12.9. The topological polar surface area (TPSA) is 78.5 Å². The second-order valence-corrected chi connectivity index (χ2v) is 7.52. The Morgan fingerprint density at radius 3 is 1.96 bits per heavy atom. The van der Waals surface area contributed by atoms with Crippen LogP contribution < -0.4 is 10.6 Å². The fourth-order valence-corrected chi connectivity index (χ4v) is 3.52. The molecule has 1 atom stereocenters. The highest BCUT2D eigenvalue weighted by Crippen LogP contribution is 2.28. The van der Waals surface area contributed by atoms with Crippen LogP contribution in [-0.2, 0) is 9.59 Å². The first kappa shape index (κ1) is 19.7. The molecule has 0 fully saturated rings. The number of rotatable bonds is 5. The van der Waals surface area contributed by atoms with Gasteiger partial charge in [0.15, 0.2) is 0 Å². The summed E-state index contributed by atoms with van der Waals surface area (Å²) in [6, 6.07) is 8.79. The number of aryl methyl sites for hydroxylation is 1. The van der Waals surface area contributed by atoms with Gasteiger partial charge >= 0.3 is 0 Å². The molecule has 0 unspecified atom stereocenters. The summed E-state index contributed by atoms with van der Waals surface area (Å²) in [7, 11) is 1.74. The molecule has 1 aromatic heterocycles. The Balaban J connectivity index is 2.33. The van der Waals surface area contributed by atoms with Crippen molar-refractivity contribution in [1.82, 2.24) is 4.90 Å². The summed E-state index contributed by atoms with van der Waals surface area (Å²) in [6.45, 7) is 6.77. The van der Waals surface area contributed by atoms with Gasteiger partial charge in [-0.15, -0.1) is 11.3 Å². The Hall–Kier alpha value is -2.67. The smallest absolute Gasteiger partial charge is 0.254 e. The Kier molecular flexibility index (Phi) is 6.15. The number of hydrogen-bond donors (Lipinski definition) is 2. The molecule has 1 heterocycles. The molecule has 0 spiro atoms. The predicted octanol–water partition coefficient (Wildman–Crippen LogP) is 3.81. The standard InChI is InChI=1S/C19H23N3O3S/c1-11-6-7-18(26-11)12(2)22(5)19(25)15-8-16(20-13(3)23)10-17(9-15)21-14(4)24/h6-10,12H,1-5H3,(H,20,23)(H,21,24)/t12-/m0/s1. The first-order valence-corrected chi connectivity index (χ1v) is 9.02. The van der Waals surface area contributed by atoms with E-state index in [1.807, 2.05) is 26.0 Å². The molecule has 138 valence electrons. The van der Waals surface area contributed by atoms with Crippen LogP contribution in [0.2, 0.25) is 0 Å². The van der Waals surface area contributed by atoms with Crippen LogP contribution in [0, 0.1) is 6.92 Å².